The summed E-state index contributed by atoms with van der Waals surface area (Å²) in [5.74, 6) is 1.82. The number of hydrogen-bond acceptors (Lipinski definition) is 4. The Bertz CT molecular complexity index is 533. The van der Waals surface area contributed by atoms with Crippen molar-refractivity contribution in [3.05, 3.63) is 12.2 Å². The molecule has 2 rings (SSSR count). The molecule has 4 nitrogen and oxygen atoms in total. The highest BCUT2D eigenvalue weighted by Gasteiger charge is 2.17. The zero-order chi connectivity index (χ0) is 12.6. The van der Waals surface area contributed by atoms with Crippen LogP contribution in [0, 0.1) is 5.92 Å². The maximum absolute atomic E-state index is 4.64. The Kier molecular flexibility index (Phi) is 3.38. The first-order valence-electron chi connectivity index (χ1n) is 5.77. The quantitative estimate of drug-likeness (QED) is 0.620. The summed E-state index contributed by atoms with van der Waals surface area (Å²) in [6.45, 7) is 6.56. The molecule has 2 aromatic rings. The SMILES string of the molecule is CSc1nc(C(C)C(C)C)nc2c1ncn2C. The molecule has 2 heterocycles. The summed E-state index contributed by atoms with van der Waals surface area (Å²) < 4.78 is 1.95. The highest BCUT2D eigenvalue weighted by atomic mass is 32.2. The summed E-state index contributed by atoms with van der Waals surface area (Å²) in [7, 11) is 1.97. The van der Waals surface area contributed by atoms with Crippen molar-refractivity contribution in [2.45, 2.75) is 31.7 Å². The smallest absolute Gasteiger partial charge is 0.164 e. The molecule has 0 N–H and O–H groups in total. The zero-order valence-electron chi connectivity index (χ0n) is 10.9. The van der Waals surface area contributed by atoms with Gasteiger partial charge in [0.15, 0.2) is 5.65 Å². The lowest BCUT2D eigenvalue weighted by Gasteiger charge is -2.14. The third kappa shape index (κ3) is 2.16. The summed E-state index contributed by atoms with van der Waals surface area (Å²) in [6.07, 6.45) is 3.82. The van der Waals surface area contributed by atoms with Crippen molar-refractivity contribution in [3.63, 3.8) is 0 Å². The van der Waals surface area contributed by atoms with Crippen molar-refractivity contribution >= 4 is 22.9 Å². The zero-order valence-corrected chi connectivity index (χ0v) is 11.7. The minimum Gasteiger partial charge on any atom is -0.318 e. The van der Waals surface area contributed by atoms with Gasteiger partial charge in [-0.25, -0.2) is 15.0 Å². The molecule has 1 unspecified atom stereocenters. The molecule has 0 saturated heterocycles. The first kappa shape index (κ1) is 12.4. The van der Waals surface area contributed by atoms with E-state index in [0.717, 1.165) is 22.0 Å². The molecule has 0 aliphatic rings. The van der Waals surface area contributed by atoms with Crippen molar-refractivity contribution in [1.29, 1.82) is 0 Å². The normalized spacial score (nSPS) is 13.5. The third-order valence-corrected chi connectivity index (χ3v) is 3.82. The minimum atomic E-state index is 0.361. The monoisotopic (exact) mass is 250 g/mol. The molecular weight excluding hydrogens is 232 g/mol. The number of thioether (sulfide) groups is 1. The van der Waals surface area contributed by atoms with E-state index in [1.54, 1.807) is 18.1 Å². The summed E-state index contributed by atoms with van der Waals surface area (Å²) in [5, 5.41) is 0.970. The van der Waals surface area contributed by atoms with Gasteiger partial charge in [-0.3, -0.25) is 0 Å². The van der Waals surface area contributed by atoms with E-state index in [1.165, 1.54) is 0 Å². The van der Waals surface area contributed by atoms with Crippen LogP contribution in [0.5, 0.6) is 0 Å². The summed E-state index contributed by atoms with van der Waals surface area (Å²) >= 11 is 1.63. The van der Waals surface area contributed by atoms with Crippen LogP contribution in [0.3, 0.4) is 0 Å². The molecule has 1 atom stereocenters. The molecular formula is C12H18N4S. The Balaban J connectivity index is 2.62. The van der Waals surface area contributed by atoms with Crippen LogP contribution in [0.4, 0.5) is 0 Å². The van der Waals surface area contributed by atoms with Crippen LogP contribution in [-0.4, -0.2) is 25.8 Å². The average molecular weight is 250 g/mol. The highest BCUT2D eigenvalue weighted by Crippen LogP contribution is 2.27. The molecule has 92 valence electrons. The Hall–Kier alpha value is -1.10. The number of imidazole rings is 1. The van der Waals surface area contributed by atoms with Gasteiger partial charge in [0.25, 0.3) is 0 Å². The fourth-order valence-electron chi connectivity index (χ4n) is 1.64. The Morgan fingerprint density at radius 3 is 2.53 bits per heavy atom. The van der Waals surface area contributed by atoms with E-state index >= 15 is 0 Å². The van der Waals surface area contributed by atoms with Crippen LogP contribution in [0.15, 0.2) is 11.4 Å². The standard InChI is InChI=1S/C12H18N4S/c1-7(2)8(3)10-14-11-9(12(15-10)17-5)13-6-16(11)4/h6-8H,1-5H3. The van der Waals surface area contributed by atoms with E-state index in [2.05, 4.69) is 35.7 Å². The van der Waals surface area contributed by atoms with Gasteiger partial charge in [-0.05, 0) is 12.2 Å². The van der Waals surface area contributed by atoms with Crippen LogP contribution in [-0.2, 0) is 7.05 Å². The molecule has 0 aliphatic heterocycles. The van der Waals surface area contributed by atoms with Gasteiger partial charge in [-0.2, -0.15) is 0 Å². The average Bonchev–Trinajstić information content (AvgIpc) is 2.69. The van der Waals surface area contributed by atoms with Gasteiger partial charge in [-0.15, -0.1) is 11.8 Å². The van der Waals surface area contributed by atoms with E-state index < -0.39 is 0 Å². The van der Waals surface area contributed by atoms with Crippen LogP contribution in [0.25, 0.3) is 11.2 Å². The molecule has 0 bridgehead atoms. The fraction of sp³-hybridized carbons (Fsp3) is 0.583. The van der Waals surface area contributed by atoms with E-state index in [-0.39, 0.29) is 0 Å². The number of fused-ring (bicyclic) bond motifs is 1. The Labute approximate surface area is 106 Å². The molecule has 5 heteroatoms. The fourth-order valence-corrected chi connectivity index (χ4v) is 2.16. The van der Waals surface area contributed by atoms with Gasteiger partial charge in [0.1, 0.15) is 16.4 Å². The molecule has 2 aromatic heterocycles. The van der Waals surface area contributed by atoms with Crippen molar-refractivity contribution < 1.29 is 0 Å². The molecule has 0 aliphatic carbocycles. The van der Waals surface area contributed by atoms with Crippen LogP contribution >= 0.6 is 11.8 Å². The largest absolute Gasteiger partial charge is 0.318 e. The minimum absolute atomic E-state index is 0.361. The van der Waals surface area contributed by atoms with Gasteiger partial charge in [-0.1, -0.05) is 20.8 Å². The second kappa shape index (κ2) is 4.64. The molecule has 0 aromatic carbocycles. The lowest BCUT2D eigenvalue weighted by Crippen LogP contribution is -2.08. The number of aromatic nitrogens is 4. The summed E-state index contributed by atoms with van der Waals surface area (Å²) in [5.41, 5.74) is 1.83. The highest BCUT2D eigenvalue weighted by molar-refractivity contribution is 7.98. The summed E-state index contributed by atoms with van der Waals surface area (Å²) in [6, 6.07) is 0. The third-order valence-electron chi connectivity index (χ3n) is 3.15. The van der Waals surface area contributed by atoms with E-state index in [9.17, 15) is 0 Å². The molecule has 0 radical (unpaired) electrons. The second-order valence-electron chi connectivity index (χ2n) is 4.65. The lowest BCUT2D eigenvalue weighted by molar-refractivity contribution is 0.508. The van der Waals surface area contributed by atoms with Gasteiger partial charge in [0, 0.05) is 13.0 Å². The van der Waals surface area contributed by atoms with Crippen molar-refractivity contribution in [1.82, 2.24) is 19.5 Å². The molecule has 17 heavy (non-hydrogen) atoms. The molecule has 0 amide bonds. The van der Waals surface area contributed by atoms with Gasteiger partial charge in [0.2, 0.25) is 0 Å². The molecule has 0 saturated carbocycles. The first-order chi connectivity index (χ1) is 8.04. The van der Waals surface area contributed by atoms with Crippen LogP contribution in [0.1, 0.15) is 32.5 Å². The predicted molar refractivity (Wildman–Crippen MR) is 71.3 cm³/mol. The van der Waals surface area contributed by atoms with Crippen molar-refractivity contribution in [2.75, 3.05) is 6.26 Å². The predicted octanol–water partition coefficient (Wildman–Crippen LogP) is 2.84. The van der Waals surface area contributed by atoms with Crippen LogP contribution in [0.2, 0.25) is 0 Å². The van der Waals surface area contributed by atoms with Gasteiger partial charge < -0.3 is 4.57 Å². The molecule has 0 spiro atoms. The number of nitrogens with zero attached hydrogens (tertiary/aromatic N) is 4. The van der Waals surface area contributed by atoms with Crippen LogP contribution < -0.4 is 0 Å². The topological polar surface area (TPSA) is 43.6 Å². The Morgan fingerprint density at radius 2 is 1.94 bits per heavy atom. The molecule has 0 fully saturated rings. The number of rotatable bonds is 3. The van der Waals surface area contributed by atoms with Crippen molar-refractivity contribution in [2.24, 2.45) is 13.0 Å². The maximum Gasteiger partial charge on any atom is 0.164 e. The second-order valence-corrected chi connectivity index (χ2v) is 5.45. The maximum atomic E-state index is 4.64. The summed E-state index contributed by atoms with van der Waals surface area (Å²) in [4.78, 5) is 13.6. The van der Waals surface area contributed by atoms with Gasteiger partial charge in [0.05, 0.1) is 6.33 Å². The first-order valence-corrected chi connectivity index (χ1v) is 7.00. The van der Waals surface area contributed by atoms with E-state index in [0.29, 0.717) is 11.8 Å². The number of hydrogen-bond donors (Lipinski definition) is 0. The van der Waals surface area contributed by atoms with Gasteiger partial charge >= 0.3 is 0 Å². The lowest BCUT2D eigenvalue weighted by atomic mass is 9.97. The number of aryl methyl sites for hydroxylation is 1. The van der Waals surface area contributed by atoms with Crippen molar-refractivity contribution in [3.8, 4) is 0 Å². The van der Waals surface area contributed by atoms with E-state index in [1.807, 2.05) is 17.9 Å². The van der Waals surface area contributed by atoms with E-state index in [4.69, 9.17) is 0 Å². The Morgan fingerprint density at radius 1 is 1.24 bits per heavy atom.